The lowest BCUT2D eigenvalue weighted by Crippen LogP contribution is -2.42. The SMILES string of the molecule is Cc1nnc2n1CCN(CC(=O)N[C@H](C)c1cccc3ccccc13)C2. The summed E-state index contributed by atoms with van der Waals surface area (Å²) in [6, 6.07) is 14.5. The molecule has 0 saturated carbocycles. The van der Waals surface area contributed by atoms with Crippen molar-refractivity contribution >= 4 is 16.7 Å². The van der Waals surface area contributed by atoms with Crippen LogP contribution in [-0.4, -0.2) is 38.7 Å². The van der Waals surface area contributed by atoms with E-state index >= 15 is 0 Å². The summed E-state index contributed by atoms with van der Waals surface area (Å²) in [6.07, 6.45) is 0. The van der Waals surface area contributed by atoms with Crippen LogP contribution in [0.2, 0.25) is 0 Å². The number of hydrogen-bond acceptors (Lipinski definition) is 4. The molecule has 0 spiro atoms. The highest BCUT2D eigenvalue weighted by Crippen LogP contribution is 2.24. The molecule has 4 rings (SSSR count). The quantitative estimate of drug-likeness (QED) is 0.786. The van der Waals surface area contributed by atoms with Crippen LogP contribution >= 0.6 is 0 Å². The van der Waals surface area contributed by atoms with E-state index in [2.05, 4.69) is 49.2 Å². The average Bonchev–Trinajstić information content (AvgIpc) is 3.01. The van der Waals surface area contributed by atoms with Crippen LogP contribution in [0.25, 0.3) is 10.8 Å². The summed E-state index contributed by atoms with van der Waals surface area (Å²) >= 11 is 0. The zero-order valence-corrected chi connectivity index (χ0v) is 15.1. The Balaban J connectivity index is 1.42. The maximum Gasteiger partial charge on any atom is 0.234 e. The molecule has 2 aromatic carbocycles. The molecule has 1 aliphatic heterocycles. The fraction of sp³-hybridized carbons (Fsp3) is 0.350. The molecule has 0 aliphatic carbocycles. The number of aryl methyl sites for hydroxylation is 1. The Hall–Kier alpha value is -2.73. The third-order valence-electron chi connectivity index (χ3n) is 5.05. The van der Waals surface area contributed by atoms with Crippen molar-refractivity contribution in [2.24, 2.45) is 0 Å². The minimum Gasteiger partial charge on any atom is -0.348 e. The van der Waals surface area contributed by atoms with Crippen molar-refractivity contribution in [3.8, 4) is 0 Å². The highest BCUT2D eigenvalue weighted by molar-refractivity contribution is 5.87. The van der Waals surface area contributed by atoms with Crippen LogP contribution in [0.3, 0.4) is 0 Å². The Morgan fingerprint density at radius 2 is 1.96 bits per heavy atom. The van der Waals surface area contributed by atoms with Gasteiger partial charge in [-0.05, 0) is 30.2 Å². The lowest BCUT2D eigenvalue weighted by molar-refractivity contribution is -0.123. The van der Waals surface area contributed by atoms with Crippen molar-refractivity contribution in [1.29, 1.82) is 0 Å². The van der Waals surface area contributed by atoms with E-state index in [9.17, 15) is 4.79 Å². The number of carbonyl (C=O) groups excluding carboxylic acids is 1. The zero-order valence-electron chi connectivity index (χ0n) is 15.1. The highest BCUT2D eigenvalue weighted by atomic mass is 16.2. The van der Waals surface area contributed by atoms with E-state index < -0.39 is 0 Å². The van der Waals surface area contributed by atoms with E-state index in [0.717, 1.165) is 30.3 Å². The molecule has 0 bridgehead atoms. The summed E-state index contributed by atoms with van der Waals surface area (Å²) in [6.45, 7) is 6.71. The van der Waals surface area contributed by atoms with Crippen LogP contribution in [0, 0.1) is 6.92 Å². The maximum atomic E-state index is 12.6. The van der Waals surface area contributed by atoms with Gasteiger partial charge < -0.3 is 9.88 Å². The van der Waals surface area contributed by atoms with Crippen molar-refractivity contribution in [2.45, 2.75) is 33.0 Å². The van der Waals surface area contributed by atoms with Gasteiger partial charge in [-0.25, -0.2) is 0 Å². The Labute approximate surface area is 152 Å². The maximum absolute atomic E-state index is 12.6. The second-order valence-corrected chi connectivity index (χ2v) is 6.88. The van der Waals surface area contributed by atoms with Crippen LogP contribution in [0.5, 0.6) is 0 Å². The van der Waals surface area contributed by atoms with Crippen LogP contribution in [-0.2, 0) is 17.9 Å². The van der Waals surface area contributed by atoms with Gasteiger partial charge in [0.25, 0.3) is 0 Å². The fourth-order valence-electron chi connectivity index (χ4n) is 3.68. The van der Waals surface area contributed by atoms with Gasteiger partial charge in [-0.15, -0.1) is 10.2 Å². The topological polar surface area (TPSA) is 63.1 Å². The molecule has 3 aromatic rings. The van der Waals surface area contributed by atoms with E-state index in [-0.39, 0.29) is 11.9 Å². The van der Waals surface area contributed by atoms with Gasteiger partial charge in [0.05, 0.1) is 19.1 Å². The first-order valence-electron chi connectivity index (χ1n) is 9.00. The molecule has 1 N–H and O–H groups in total. The summed E-state index contributed by atoms with van der Waals surface area (Å²) in [4.78, 5) is 14.7. The third-order valence-corrected chi connectivity index (χ3v) is 5.05. The van der Waals surface area contributed by atoms with Crippen LogP contribution < -0.4 is 5.32 Å². The molecule has 0 unspecified atom stereocenters. The van der Waals surface area contributed by atoms with Gasteiger partial charge in [0.1, 0.15) is 11.6 Å². The molecule has 1 atom stereocenters. The molecule has 0 saturated heterocycles. The number of carbonyl (C=O) groups is 1. The molecule has 26 heavy (non-hydrogen) atoms. The molecular weight excluding hydrogens is 326 g/mol. The number of fused-ring (bicyclic) bond motifs is 2. The number of rotatable bonds is 4. The molecule has 6 nitrogen and oxygen atoms in total. The average molecular weight is 349 g/mol. The van der Waals surface area contributed by atoms with Crippen molar-refractivity contribution in [1.82, 2.24) is 25.0 Å². The molecule has 1 amide bonds. The summed E-state index contributed by atoms with van der Waals surface area (Å²) in [5.74, 6) is 1.91. The summed E-state index contributed by atoms with van der Waals surface area (Å²) in [5, 5.41) is 13.8. The van der Waals surface area contributed by atoms with Gasteiger partial charge in [-0.2, -0.15) is 0 Å². The Bertz CT molecular complexity index is 943. The lowest BCUT2D eigenvalue weighted by atomic mass is 10.00. The first-order valence-corrected chi connectivity index (χ1v) is 9.00. The number of benzene rings is 2. The largest absolute Gasteiger partial charge is 0.348 e. The summed E-state index contributed by atoms with van der Waals surface area (Å²) in [5.41, 5.74) is 1.14. The monoisotopic (exact) mass is 349 g/mol. The predicted octanol–water partition coefficient (Wildman–Crippen LogP) is 2.43. The van der Waals surface area contributed by atoms with E-state index in [1.54, 1.807) is 0 Å². The number of nitrogens with zero attached hydrogens (tertiary/aromatic N) is 4. The van der Waals surface area contributed by atoms with E-state index in [1.807, 2.05) is 32.0 Å². The first kappa shape index (κ1) is 16.7. The van der Waals surface area contributed by atoms with Crippen molar-refractivity contribution in [3.63, 3.8) is 0 Å². The summed E-state index contributed by atoms with van der Waals surface area (Å²) in [7, 11) is 0. The minimum atomic E-state index is -0.0377. The standard InChI is InChI=1S/C20H23N5O/c1-14(17-9-5-7-16-6-3-4-8-18(16)17)21-20(26)13-24-10-11-25-15(2)22-23-19(25)12-24/h3-9,14H,10-13H2,1-2H3,(H,21,26)/t14-/m1/s1. The zero-order chi connectivity index (χ0) is 18.1. The molecule has 1 aliphatic rings. The molecule has 6 heteroatoms. The Morgan fingerprint density at radius 1 is 1.15 bits per heavy atom. The van der Waals surface area contributed by atoms with Gasteiger partial charge in [0.2, 0.25) is 5.91 Å². The van der Waals surface area contributed by atoms with Crippen LogP contribution in [0.4, 0.5) is 0 Å². The van der Waals surface area contributed by atoms with E-state index in [1.165, 1.54) is 10.8 Å². The first-order chi connectivity index (χ1) is 12.6. The Morgan fingerprint density at radius 3 is 2.85 bits per heavy atom. The van der Waals surface area contributed by atoms with Gasteiger partial charge in [-0.1, -0.05) is 42.5 Å². The highest BCUT2D eigenvalue weighted by Gasteiger charge is 2.22. The van der Waals surface area contributed by atoms with E-state index in [0.29, 0.717) is 13.1 Å². The van der Waals surface area contributed by atoms with Gasteiger partial charge in [-0.3, -0.25) is 9.69 Å². The predicted molar refractivity (Wildman–Crippen MR) is 101 cm³/mol. The molecule has 2 heterocycles. The second kappa shape index (κ2) is 6.88. The molecule has 0 radical (unpaired) electrons. The van der Waals surface area contributed by atoms with Crippen LogP contribution in [0.1, 0.15) is 30.2 Å². The summed E-state index contributed by atoms with van der Waals surface area (Å²) < 4.78 is 2.12. The van der Waals surface area contributed by atoms with Crippen molar-refractivity contribution in [3.05, 3.63) is 59.7 Å². The molecular formula is C20H23N5O. The molecule has 134 valence electrons. The third kappa shape index (κ3) is 3.20. The lowest BCUT2D eigenvalue weighted by Gasteiger charge is -2.27. The molecule has 0 fully saturated rings. The fourth-order valence-corrected chi connectivity index (χ4v) is 3.68. The number of hydrogen-bond donors (Lipinski definition) is 1. The molecule has 1 aromatic heterocycles. The Kier molecular flexibility index (Phi) is 4.42. The van der Waals surface area contributed by atoms with E-state index in [4.69, 9.17) is 0 Å². The van der Waals surface area contributed by atoms with Crippen LogP contribution in [0.15, 0.2) is 42.5 Å². The minimum absolute atomic E-state index is 0.0371. The second-order valence-electron chi connectivity index (χ2n) is 6.88. The van der Waals surface area contributed by atoms with Gasteiger partial charge in [0.15, 0.2) is 0 Å². The smallest absolute Gasteiger partial charge is 0.234 e. The number of aromatic nitrogens is 3. The van der Waals surface area contributed by atoms with Crippen molar-refractivity contribution < 1.29 is 4.79 Å². The number of nitrogens with one attached hydrogen (secondary N) is 1. The van der Waals surface area contributed by atoms with Gasteiger partial charge >= 0.3 is 0 Å². The normalized spacial score (nSPS) is 15.6. The van der Waals surface area contributed by atoms with Crippen molar-refractivity contribution in [2.75, 3.05) is 13.1 Å². The van der Waals surface area contributed by atoms with Gasteiger partial charge in [0, 0.05) is 13.1 Å². The number of amides is 1.